The fourth-order valence-electron chi connectivity index (χ4n) is 2.18. The smallest absolute Gasteiger partial charge is 0.240 e. The zero-order valence-corrected chi connectivity index (χ0v) is 13.1. The van der Waals surface area contributed by atoms with Crippen molar-refractivity contribution in [2.45, 2.75) is 39.2 Å². The number of sulfonamides is 1. The lowest BCUT2D eigenvalue weighted by Crippen LogP contribution is -2.49. The highest BCUT2D eigenvalue weighted by molar-refractivity contribution is 7.89. The van der Waals surface area contributed by atoms with Gasteiger partial charge in [0.05, 0.1) is 11.8 Å². The number of nitrogens with zero attached hydrogens (tertiary/aromatic N) is 1. The second-order valence-corrected chi connectivity index (χ2v) is 7.37. The molecule has 1 N–H and O–H groups in total. The lowest BCUT2D eigenvalue weighted by Gasteiger charge is -2.29. The molecule has 112 valence electrons. The number of alkyl halides is 1. The predicted molar refractivity (Wildman–Crippen MR) is 76.7 cm³/mol. The zero-order valence-electron chi connectivity index (χ0n) is 11.6. The Balaban J connectivity index is 2.53. The van der Waals surface area contributed by atoms with Gasteiger partial charge in [0.1, 0.15) is 0 Å². The summed E-state index contributed by atoms with van der Waals surface area (Å²) in [6.07, 6.45) is 3.13. The van der Waals surface area contributed by atoms with E-state index in [1.807, 2.05) is 0 Å². The van der Waals surface area contributed by atoms with Gasteiger partial charge in [-0.3, -0.25) is 4.79 Å². The summed E-state index contributed by atoms with van der Waals surface area (Å²) in [6, 6.07) is -0.703. The van der Waals surface area contributed by atoms with E-state index in [-0.39, 0.29) is 23.5 Å². The maximum Gasteiger partial charge on any atom is 0.240 e. The van der Waals surface area contributed by atoms with Crippen molar-refractivity contribution in [2.24, 2.45) is 5.92 Å². The molecule has 0 spiro atoms. The molecule has 1 aliphatic rings. The van der Waals surface area contributed by atoms with Gasteiger partial charge < -0.3 is 4.90 Å². The van der Waals surface area contributed by atoms with Crippen molar-refractivity contribution in [1.29, 1.82) is 0 Å². The van der Waals surface area contributed by atoms with E-state index in [9.17, 15) is 13.2 Å². The zero-order chi connectivity index (χ0) is 14.5. The molecule has 5 nitrogen and oxygen atoms in total. The van der Waals surface area contributed by atoms with Crippen LogP contribution >= 0.6 is 11.6 Å². The Morgan fingerprint density at radius 2 is 1.84 bits per heavy atom. The first-order chi connectivity index (χ1) is 8.85. The highest BCUT2D eigenvalue weighted by Gasteiger charge is 2.26. The quantitative estimate of drug-likeness (QED) is 0.749. The lowest BCUT2D eigenvalue weighted by molar-refractivity contribution is -0.133. The number of amides is 1. The van der Waals surface area contributed by atoms with Crippen LogP contribution in [-0.2, 0) is 14.8 Å². The van der Waals surface area contributed by atoms with E-state index in [0.717, 1.165) is 32.4 Å². The van der Waals surface area contributed by atoms with Crippen LogP contribution in [0.15, 0.2) is 0 Å². The van der Waals surface area contributed by atoms with E-state index in [2.05, 4.69) is 4.72 Å². The van der Waals surface area contributed by atoms with Crippen LogP contribution in [0.5, 0.6) is 0 Å². The van der Waals surface area contributed by atoms with Crippen molar-refractivity contribution in [3.63, 3.8) is 0 Å². The summed E-state index contributed by atoms with van der Waals surface area (Å²) >= 11 is 5.61. The Bertz CT molecular complexity index is 394. The fraction of sp³-hybridized carbons (Fsp3) is 0.917. The molecule has 1 fully saturated rings. The summed E-state index contributed by atoms with van der Waals surface area (Å²) in [5.41, 5.74) is 0. The Morgan fingerprint density at radius 1 is 1.26 bits per heavy atom. The van der Waals surface area contributed by atoms with Gasteiger partial charge in [-0.15, -0.1) is 11.6 Å². The molecule has 0 aromatic heterocycles. The van der Waals surface area contributed by atoms with Crippen LogP contribution in [0.4, 0.5) is 0 Å². The number of nitrogens with one attached hydrogen (secondary N) is 1. The predicted octanol–water partition coefficient (Wildman–Crippen LogP) is 1.18. The number of hydrogen-bond acceptors (Lipinski definition) is 3. The van der Waals surface area contributed by atoms with Gasteiger partial charge in [-0.25, -0.2) is 13.1 Å². The molecule has 1 rings (SSSR count). The van der Waals surface area contributed by atoms with Crippen LogP contribution < -0.4 is 4.72 Å². The summed E-state index contributed by atoms with van der Waals surface area (Å²) in [4.78, 5) is 13.8. The molecule has 0 aromatic rings. The van der Waals surface area contributed by atoms with E-state index in [1.54, 1.807) is 18.7 Å². The second-order valence-electron chi connectivity index (χ2n) is 5.27. The maximum atomic E-state index is 12.1. The molecule has 19 heavy (non-hydrogen) atoms. The van der Waals surface area contributed by atoms with Crippen molar-refractivity contribution in [2.75, 3.05) is 24.7 Å². The van der Waals surface area contributed by atoms with Gasteiger partial charge >= 0.3 is 0 Å². The Kier molecular flexibility index (Phi) is 6.56. The van der Waals surface area contributed by atoms with Gasteiger partial charge in [0, 0.05) is 19.0 Å². The lowest BCUT2D eigenvalue weighted by atomic mass is 10.1. The van der Waals surface area contributed by atoms with Crippen LogP contribution in [-0.4, -0.2) is 50.0 Å². The summed E-state index contributed by atoms with van der Waals surface area (Å²) in [7, 11) is -3.46. The van der Waals surface area contributed by atoms with E-state index in [0.29, 0.717) is 0 Å². The molecule has 0 radical (unpaired) electrons. The molecule has 1 saturated heterocycles. The second kappa shape index (κ2) is 7.45. The van der Waals surface area contributed by atoms with Gasteiger partial charge in [-0.1, -0.05) is 6.92 Å². The standard InChI is InChI=1S/C12H23ClN2O3S/c1-10(8-13)9-19(17,18)14-11(2)12(16)15-6-4-3-5-7-15/h10-11,14H,3-9H2,1-2H3. The maximum absolute atomic E-state index is 12.1. The molecular weight excluding hydrogens is 288 g/mol. The number of halogens is 1. The first kappa shape index (κ1) is 16.7. The van der Waals surface area contributed by atoms with Gasteiger partial charge in [0.15, 0.2) is 0 Å². The van der Waals surface area contributed by atoms with Crippen LogP contribution in [0, 0.1) is 5.92 Å². The minimum atomic E-state index is -3.46. The third-order valence-electron chi connectivity index (χ3n) is 3.16. The minimum absolute atomic E-state index is 0.0475. The summed E-state index contributed by atoms with van der Waals surface area (Å²) in [6.45, 7) is 4.81. The molecule has 2 unspecified atom stereocenters. The van der Waals surface area contributed by atoms with E-state index < -0.39 is 16.1 Å². The largest absolute Gasteiger partial charge is 0.341 e. The highest BCUT2D eigenvalue weighted by atomic mass is 35.5. The molecule has 1 amide bonds. The number of rotatable bonds is 6. The first-order valence-corrected chi connectivity index (χ1v) is 8.89. The highest BCUT2D eigenvalue weighted by Crippen LogP contribution is 2.10. The fourth-order valence-corrected chi connectivity index (χ4v) is 4.02. The van der Waals surface area contributed by atoms with Crippen LogP contribution in [0.3, 0.4) is 0 Å². The summed E-state index contributed by atoms with van der Waals surface area (Å²) in [5.74, 6) is -0.0259. The monoisotopic (exact) mass is 310 g/mol. The van der Waals surface area contributed by atoms with Gasteiger partial charge in [-0.05, 0) is 32.1 Å². The first-order valence-electron chi connectivity index (χ1n) is 6.70. The minimum Gasteiger partial charge on any atom is -0.341 e. The van der Waals surface area contributed by atoms with Crippen molar-refractivity contribution >= 4 is 27.5 Å². The molecule has 1 aliphatic heterocycles. The average Bonchev–Trinajstić information content (AvgIpc) is 2.37. The number of carbonyl (C=O) groups excluding carboxylic acids is 1. The number of piperidine rings is 1. The van der Waals surface area contributed by atoms with E-state index >= 15 is 0 Å². The Labute approximate surface area is 120 Å². The van der Waals surface area contributed by atoms with Crippen molar-refractivity contribution < 1.29 is 13.2 Å². The topological polar surface area (TPSA) is 66.5 Å². The van der Waals surface area contributed by atoms with E-state index in [1.165, 1.54) is 0 Å². The van der Waals surface area contributed by atoms with Gasteiger partial charge in [0.25, 0.3) is 0 Å². The van der Waals surface area contributed by atoms with Crippen LogP contribution in [0.25, 0.3) is 0 Å². The number of carbonyl (C=O) groups is 1. The summed E-state index contributed by atoms with van der Waals surface area (Å²) in [5, 5.41) is 0. The molecule has 0 bridgehead atoms. The normalized spacial score (nSPS) is 20.1. The van der Waals surface area contributed by atoms with E-state index in [4.69, 9.17) is 11.6 Å². The Morgan fingerprint density at radius 3 is 2.37 bits per heavy atom. The third kappa shape index (κ3) is 5.67. The molecule has 2 atom stereocenters. The molecule has 7 heteroatoms. The van der Waals surface area contributed by atoms with Crippen LogP contribution in [0.1, 0.15) is 33.1 Å². The van der Waals surface area contributed by atoms with Crippen molar-refractivity contribution in [3.8, 4) is 0 Å². The molecule has 0 aromatic carbocycles. The summed E-state index contributed by atoms with van der Waals surface area (Å²) < 4.78 is 26.2. The van der Waals surface area contributed by atoms with Gasteiger partial charge in [0.2, 0.25) is 15.9 Å². The molecule has 1 heterocycles. The number of likely N-dealkylation sites (tertiary alicyclic amines) is 1. The van der Waals surface area contributed by atoms with Crippen LogP contribution in [0.2, 0.25) is 0 Å². The van der Waals surface area contributed by atoms with Gasteiger partial charge in [-0.2, -0.15) is 0 Å². The molecular formula is C12H23ClN2O3S. The molecule has 0 saturated carbocycles. The van der Waals surface area contributed by atoms with Crippen molar-refractivity contribution in [1.82, 2.24) is 9.62 Å². The Hall–Kier alpha value is -0.330. The average molecular weight is 311 g/mol. The third-order valence-corrected chi connectivity index (χ3v) is 5.41. The SMILES string of the molecule is CC(CCl)CS(=O)(=O)NC(C)C(=O)N1CCCCC1. The van der Waals surface area contributed by atoms with Crippen molar-refractivity contribution in [3.05, 3.63) is 0 Å². The number of hydrogen-bond donors (Lipinski definition) is 1. The molecule has 0 aliphatic carbocycles.